The Kier molecular flexibility index (Phi) is 5.44. The molecule has 4 heteroatoms. The fraction of sp³-hybridized carbons (Fsp3) is 0.938. The molecule has 2 fully saturated rings. The van der Waals surface area contributed by atoms with E-state index in [-0.39, 0.29) is 11.5 Å². The van der Waals surface area contributed by atoms with E-state index in [0.717, 1.165) is 64.7 Å². The third-order valence-corrected chi connectivity index (χ3v) is 5.16. The van der Waals surface area contributed by atoms with Crippen LogP contribution in [0.5, 0.6) is 0 Å². The van der Waals surface area contributed by atoms with Gasteiger partial charge in [0.2, 0.25) is 5.91 Å². The number of piperidine rings is 2. The van der Waals surface area contributed by atoms with Crippen LogP contribution in [0.2, 0.25) is 0 Å². The summed E-state index contributed by atoms with van der Waals surface area (Å²) in [5.41, 5.74) is -0.162. The Labute approximate surface area is 122 Å². The lowest BCUT2D eigenvalue weighted by Gasteiger charge is -2.42. The summed E-state index contributed by atoms with van der Waals surface area (Å²) < 4.78 is 0. The van der Waals surface area contributed by atoms with Gasteiger partial charge in [0.05, 0.1) is 11.5 Å². The molecule has 0 aromatic rings. The standard InChI is InChI=1S/C16H30N2O2/c1-3-7-16(8-4-9-17-12-16)15(20)18-10-5-14(6-11-18)13(2)19/h13-14,17,19H,3-12H2,1-2H3. The zero-order chi connectivity index (χ0) is 14.6. The van der Waals surface area contributed by atoms with Crippen molar-refractivity contribution in [2.24, 2.45) is 11.3 Å². The molecule has 0 aromatic heterocycles. The van der Waals surface area contributed by atoms with Gasteiger partial charge >= 0.3 is 0 Å². The van der Waals surface area contributed by atoms with Gasteiger partial charge in [0.1, 0.15) is 0 Å². The van der Waals surface area contributed by atoms with Crippen LogP contribution < -0.4 is 5.32 Å². The van der Waals surface area contributed by atoms with Crippen molar-refractivity contribution in [2.45, 2.75) is 58.5 Å². The summed E-state index contributed by atoms with van der Waals surface area (Å²) in [6, 6.07) is 0. The molecule has 2 rings (SSSR count). The Bertz CT molecular complexity index is 311. The molecule has 2 N–H and O–H groups in total. The Balaban J connectivity index is 1.98. The molecule has 2 aliphatic heterocycles. The molecule has 2 saturated heterocycles. The minimum Gasteiger partial charge on any atom is -0.393 e. The summed E-state index contributed by atoms with van der Waals surface area (Å²) in [6.07, 6.45) is 5.84. The normalized spacial score (nSPS) is 30.2. The van der Waals surface area contributed by atoms with E-state index in [1.54, 1.807) is 0 Å². The first-order valence-electron chi connectivity index (χ1n) is 8.27. The van der Waals surface area contributed by atoms with Crippen molar-refractivity contribution < 1.29 is 9.90 Å². The highest BCUT2D eigenvalue weighted by Crippen LogP contribution is 2.35. The highest BCUT2D eigenvalue weighted by atomic mass is 16.3. The second kappa shape index (κ2) is 6.90. The van der Waals surface area contributed by atoms with Crippen molar-refractivity contribution in [3.05, 3.63) is 0 Å². The second-order valence-corrected chi connectivity index (χ2v) is 6.68. The highest BCUT2D eigenvalue weighted by Gasteiger charge is 2.42. The van der Waals surface area contributed by atoms with E-state index in [2.05, 4.69) is 17.1 Å². The number of hydrogen-bond donors (Lipinski definition) is 2. The third kappa shape index (κ3) is 3.34. The van der Waals surface area contributed by atoms with Crippen LogP contribution in [0.3, 0.4) is 0 Å². The summed E-state index contributed by atoms with van der Waals surface area (Å²) >= 11 is 0. The number of amides is 1. The fourth-order valence-electron chi connectivity index (χ4n) is 3.87. The molecule has 2 heterocycles. The van der Waals surface area contributed by atoms with Gasteiger partial charge in [-0.1, -0.05) is 13.3 Å². The quantitative estimate of drug-likeness (QED) is 0.826. The molecule has 0 saturated carbocycles. The maximum Gasteiger partial charge on any atom is 0.230 e. The maximum absolute atomic E-state index is 13.0. The van der Waals surface area contributed by atoms with E-state index >= 15 is 0 Å². The van der Waals surface area contributed by atoms with Crippen molar-refractivity contribution in [3.8, 4) is 0 Å². The van der Waals surface area contributed by atoms with Crippen LogP contribution in [0.4, 0.5) is 0 Å². The van der Waals surface area contributed by atoms with E-state index in [9.17, 15) is 9.90 Å². The number of aliphatic hydroxyl groups is 1. The molecule has 0 aromatic carbocycles. The highest BCUT2D eigenvalue weighted by molar-refractivity contribution is 5.83. The molecule has 116 valence electrons. The Morgan fingerprint density at radius 1 is 1.45 bits per heavy atom. The monoisotopic (exact) mass is 282 g/mol. The van der Waals surface area contributed by atoms with Crippen LogP contribution in [-0.2, 0) is 4.79 Å². The van der Waals surface area contributed by atoms with Gasteiger partial charge in [-0.2, -0.15) is 0 Å². The largest absolute Gasteiger partial charge is 0.393 e. The number of aliphatic hydroxyl groups excluding tert-OH is 1. The Morgan fingerprint density at radius 3 is 2.65 bits per heavy atom. The minimum absolute atomic E-state index is 0.162. The number of carbonyl (C=O) groups excluding carboxylic acids is 1. The number of carbonyl (C=O) groups is 1. The Morgan fingerprint density at radius 2 is 2.15 bits per heavy atom. The van der Waals surface area contributed by atoms with Crippen LogP contribution in [0.15, 0.2) is 0 Å². The molecule has 20 heavy (non-hydrogen) atoms. The predicted octanol–water partition coefficient (Wildman–Crippen LogP) is 1.78. The predicted molar refractivity (Wildman–Crippen MR) is 80.4 cm³/mol. The zero-order valence-electron chi connectivity index (χ0n) is 13.0. The van der Waals surface area contributed by atoms with Gasteiger partial charge in [0.25, 0.3) is 0 Å². The van der Waals surface area contributed by atoms with E-state index in [4.69, 9.17) is 0 Å². The topological polar surface area (TPSA) is 52.6 Å². The van der Waals surface area contributed by atoms with Gasteiger partial charge in [-0.05, 0) is 51.5 Å². The molecule has 4 nitrogen and oxygen atoms in total. The molecule has 2 atom stereocenters. The molecule has 0 aliphatic carbocycles. The Hall–Kier alpha value is -0.610. The van der Waals surface area contributed by atoms with E-state index in [0.29, 0.717) is 11.8 Å². The fourth-order valence-corrected chi connectivity index (χ4v) is 3.87. The molecule has 2 aliphatic rings. The summed E-state index contributed by atoms with van der Waals surface area (Å²) in [5, 5.41) is 13.1. The van der Waals surface area contributed by atoms with Crippen LogP contribution in [-0.4, -0.2) is 48.2 Å². The number of nitrogens with one attached hydrogen (secondary N) is 1. The zero-order valence-corrected chi connectivity index (χ0v) is 13.0. The second-order valence-electron chi connectivity index (χ2n) is 6.68. The summed E-state index contributed by atoms with van der Waals surface area (Å²) in [5.74, 6) is 0.723. The van der Waals surface area contributed by atoms with Crippen LogP contribution in [0.1, 0.15) is 52.4 Å². The minimum atomic E-state index is -0.242. The van der Waals surface area contributed by atoms with Crippen molar-refractivity contribution in [1.82, 2.24) is 10.2 Å². The van der Waals surface area contributed by atoms with Gasteiger partial charge in [-0.15, -0.1) is 0 Å². The molecular formula is C16H30N2O2. The first-order chi connectivity index (χ1) is 9.59. The average molecular weight is 282 g/mol. The van der Waals surface area contributed by atoms with Crippen molar-refractivity contribution in [3.63, 3.8) is 0 Å². The van der Waals surface area contributed by atoms with Gasteiger partial charge < -0.3 is 15.3 Å². The summed E-state index contributed by atoms with van der Waals surface area (Å²) in [6.45, 7) is 7.56. The van der Waals surface area contributed by atoms with Gasteiger partial charge in [0, 0.05) is 19.6 Å². The van der Waals surface area contributed by atoms with Gasteiger partial charge in [-0.3, -0.25) is 4.79 Å². The molecular weight excluding hydrogens is 252 g/mol. The number of hydrogen-bond acceptors (Lipinski definition) is 3. The summed E-state index contributed by atoms with van der Waals surface area (Å²) in [7, 11) is 0. The van der Waals surface area contributed by atoms with Crippen molar-refractivity contribution >= 4 is 5.91 Å². The number of rotatable bonds is 4. The summed E-state index contributed by atoms with van der Waals surface area (Å²) in [4.78, 5) is 15.0. The van der Waals surface area contributed by atoms with E-state index in [1.807, 2.05) is 6.92 Å². The van der Waals surface area contributed by atoms with Gasteiger partial charge in [-0.25, -0.2) is 0 Å². The molecule has 2 unspecified atom stereocenters. The van der Waals surface area contributed by atoms with Crippen LogP contribution >= 0.6 is 0 Å². The number of likely N-dealkylation sites (tertiary alicyclic amines) is 1. The molecule has 0 radical (unpaired) electrons. The lowest BCUT2D eigenvalue weighted by molar-refractivity contribution is -0.146. The average Bonchev–Trinajstić information content (AvgIpc) is 2.48. The van der Waals surface area contributed by atoms with Gasteiger partial charge in [0.15, 0.2) is 0 Å². The lowest BCUT2D eigenvalue weighted by Crippen LogP contribution is -2.53. The SMILES string of the molecule is CCCC1(C(=O)N2CCC(C(C)O)CC2)CCCNC1. The molecule has 0 spiro atoms. The van der Waals surface area contributed by atoms with E-state index in [1.165, 1.54) is 0 Å². The van der Waals surface area contributed by atoms with Crippen molar-refractivity contribution in [1.29, 1.82) is 0 Å². The first kappa shape index (κ1) is 15.8. The maximum atomic E-state index is 13.0. The molecule has 1 amide bonds. The lowest BCUT2D eigenvalue weighted by atomic mass is 9.75. The van der Waals surface area contributed by atoms with Crippen LogP contribution in [0.25, 0.3) is 0 Å². The van der Waals surface area contributed by atoms with Crippen LogP contribution in [0, 0.1) is 11.3 Å². The number of nitrogens with zero attached hydrogens (tertiary/aromatic N) is 1. The molecule has 0 bridgehead atoms. The third-order valence-electron chi connectivity index (χ3n) is 5.16. The smallest absolute Gasteiger partial charge is 0.230 e. The van der Waals surface area contributed by atoms with E-state index < -0.39 is 0 Å². The first-order valence-corrected chi connectivity index (χ1v) is 8.27. The van der Waals surface area contributed by atoms with Crippen molar-refractivity contribution in [2.75, 3.05) is 26.2 Å².